The molecule has 2 atom stereocenters. The van der Waals surface area contributed by atoms with Crippen molar-refractivity contribution in [3.8, 4) is 0 Å². The van der Waals surface area contributed by atoms with E-state index in [1.165, 1.54) is 283 Å². The summed E-state index contributed by atoms with van der Waals surface area (Å²) in [6.07, 6.45) is 73.8. The standard InChI is InChI=1S/C64H123NO5/c1-3-5-7-9-11-13-15-33-37-40-44-48-52-56-62(67)61(60-66)65-63(68)57-53-49-45-41-38-34-31-29-27-25-23-21-19-17-16-18-20-22-24-26-28-30-32-35-39-43-47-51-55-59-70-64(69)58-54-50-46-42-36-14-12-10-8-6-4-2/h16,18,52,56,61-62,66-67H,3-15,17,19-51,53-55,57-60H2,1-2H3,(H,65,68)/b18-16-,56-52+. The molecular weight excluding hydrogens is 863 g/mol. The van der Waals surface area contributed by atoms with E-state index in [2.05, 4.69) is 31.3 Å². The van der Waals surface area contributed by atoms with Crippen molar-refractivity contribution >= 4 is 11.9 Å². The Morgan fingerprint density at radius 1 is 0.386 bits per heavy atom. The second-order valence-electron chi connectivity index (χ2n) is 21.7. The highest BCUT2D eigenvalue weighted by atomic mass is 16.5. The first-order valence-electron chi connectivity index (χ1n) is 31.6. The zero-order valence-electron chi connectivity index (χ0n) is 47.3. The van der Waals surface area contributed by atoms with Crippen molar-refractivity contribution in [1.82, 2.24) is 5.32 Å². The summed E-state index contributed by atoms with van der Waals surface area (Å²) in [5, 5.41) is 23.1. The number of carbonyl (C=O) groups is 2. The molecule has 0 aromatic carbocycles. The molecule has 0 aliphatic rings. The smallest absolute Gasteiger partial charge is 0.305 e. The zero-order chi connectivity index (χ0) is 50.7. The van der Waals surface area contributed by atoms with Gasteiger partial charge in [0.15, 0.2) is 0 Å². The molecule has 0 spiro atoms. The van der Waals surface area contributed by atoms with Gasteiger partial charge in [0.25, 0.3) is 0 Å². The Kier molecular flexibility index (Phi) is 58.5. The summed E-state index contributed by atoms with van der Waals surface area (Å²) in [6, 6.07) is -0.626. The predicted octanol–water partition coefficient (Wildman–Crippen LogP) is 19.8. The van der Waals surface area contributed by atoms with Gasteiger partial charge < -0.3 is 20.3 Å². The minimum atomic E-state index is -0.842. The zero-order valence-corrected chi connectivity index (χ0v) is 47.3. The van der Waals surface area contributed by atoms with Gasteiger partial charge in [0, 0.05) is 12.8 Å². The van der Waals surface area contributed by atoms with Crippen LogP contribution in [0.5, 0.6) is 0 Å². The molecule has 0 bridgehead atoms. The van der Waals surface area contributed by atoms with Crippen LogP contribution in [-0.2, 0) is 14.3 Å². The van der Waals surface area contributed by atoms with E-state index >= 15 is 0 Å². The van der Waals surface area contributed by atoms with Gasteiger partial charge in [-0.25, -0.2) is 0 Å². The lowest BCUT2D eigenvalue weighted by atomic mass is 10.0. The number of ether oxygens (including phenoxy) is 1. The molecule has 414 valence electrons. The fourth-order valence-electron chi connectivity index (χ4n) is 9.87. The first-order chi connectivity index (χ1) is 34.5. The van der Waals surface area contributed by atoms with Crippen LogP contribution in [0.25, 0.3) is 0 Å². The number of amides is 1. The normalized spacial score (nSPS) is 12.7. The van der Waals surface area contributed by atoms with E-state index in [9.17, 15) is 19.8 Å². The first-order valence-corrected chi connectivity index (χ1v) is 31.6. The van der Waals surface area contributed by atoms with Gasteiger partial charge in [-0.05, 0) is 57.8 Å². The molecule has 1 amide bonds. The van der Waals surface area contributed by atoms with E-state index in [0.717, 1.165) is 38.5 Å². The van der Waals surface area contributed by atoms with Crippen LogP contribution in [0.1, 0.15) is 348 Å². The molecule has 0 saturated heterocycles. The molecule has 0 rings (SSSR count). The van der Waals surface area contributed by atoms with Crippen molar-refractivity contribution in [2.75, 3.05) is 13.2 Å². The minimum Gasteiger partial charge on any atom is -0.466 e. The van der Waals surface area contributed by atoms with E-state index in [4.69, 9.17) is 4.74 Å². The highest BCUT2D eigenvalue weighted by molar-refractivity contribution is 5.76. The topological polar surface area (TPSA) is 95.9 Å². The minimum absolute atomic E-state index is 0.0160. The largest absolute Gasteiger partial charge is 0.466 e. The van der Waals surface area contributed by atoms with Crippen molar-refractivity contribution in [3.63, 3.8) is 0 Å². The van der Waals surface area contributed by atoms with E-state index in [1.807, 2.05) is 6.08 Å². The molecule has 70 heavy (non-hydrogen) atoms. The number of aliphatic hydroxyl groups is 2. The summed E-state index contributed by atoms with van der Waals surface area (Å²) in [4.78, 5) is 24.4. The highest BCUT2D eigenvalue weighted by Gasteiger charge is 2.18. The lowest BCUT2D eigenvalue weighted by Crippen LogP contribution is -2.45. The molecule has 0 aromatic rings. The second kappa shape index (κ2) is 59.9. The van der Waals surface area contributed by atoms with Crippen molar-refractivity contribution in [2.45, 2.75) is 360 Å². The van der Waals surface area contributed by atoms with Crippen molar-refractivity contribution in [1.29, 1.82) is 0 Å². The third-order valence-corrected chi connectivity index (χ3v) is 14.7. The Morgan fingerprint density at radius 2 is 0.671 bits per heavy atom. The van der Waals surface area contributed by atoms with Crippen LogP contribution in [0.15, 0.2) is 24.3 Å². The number of rotatable bonds is 59. The third-order valence-electron chi connectivity index (χ3n) is 14.7. The Balaban J connectivity index is 3.38. The Bertz CT molecular complexity index is 1090. The van der Waals surface area contributed by atoms with Gasteiger partial charge in [-0.15, -0.1) is 0 Å². The molecule has 6 nitrogen and oxygen atoms in total. The summed E-state index contributed by atoms with van der Waals surface area (Å²) in [5.41, 5.74) is 0. The molecule has 3 N–H and O–H groups in total. The van der Waals surface area contributed by atoms with Crippen LogP contribution in [-0.4, -0.2) is 47.4 Å². The number of esters is 1. The number of nitrogens with one attached hydrogen (secondary N) is 1. The van der Waals surface area contributed by atoms with Crippen molar-refractivity contribution in [3.05, 3.63) is 24.3 Å². The van der Waals surface area contributed by atoms with Crippen molar-refractivity contribution in [2.24, 2.45) is 0 Å². The summed E-state index contributed by atoms with van der Waals surface area (Å²) in [5.74, 6) is -0.0501. The predicted molar refractivity (Wildman–Crippen MR) is 306 cm³/mol. The number of unbranched alkanes of at least 4 members (excludes halogenated alkanes) is 46. The number of hydrogen-bond donors (Lipinski definition) is 3. The Hall–Kier alpha value is -1.66. The molecule has 0 fully saturated rings. The van der Waals surface area contributed by atoms with E-state index in [1.54, 1.807) is 6.08 Å². The molecule has 0 heterocycles. The monoisotopic (exact) mass is 986 g/mol. The fraction of sp³-hybridized carbons (Fsp3) is 0.906. The number of hydrogen-bond acceptors (Lipinski definition) is 5. The molecule has 0 aliphatic heterocycles. The summed E-state index contributed by atoms with van der Waals surface area (Å²) < 4.78 is 5.47. The van der Waals surface area contributed by atoms with Crippen LogP contribution in [0.4, 0.5) is 0 Å². The molecule has 0 radical (unpaired) electrons. The van der Waals surface area contributed by atoms with Gasteiger partial charge in [0.2, 0.25) is 5.91 Å². The number of aliphatic hydroxyl groups excluding tert-OH is 2. The fourth-order valence-corrected chi connectivity index (χ4v) is 9.87. The first kappa shape index (κ1) is 68.3. The SMILES string of the molecule is CCCCCCCCCCCCC/C=C/C(O)C(CO)NC(=O)CCCCCCCCCCCCCCC/C=C\CCCCCCCCCCCCCCOC(=O)CCCCCCCCCCCCC. The molecule has 0 aliphatic carbocycles. The van der Waals surface area contributed by atoms with Crippen LogP contribution in [0.3, 0.4) is 0 Å². The van der Waals surface area contributed by atoms with E-state index < -0.39 is 12.1 Å². The molecular formula is C64H123NO5. The van der Waals surface area contributed by atoms with Crippen LogP contribution >= 0.6 is 0 Å². The number of allylic oxidation sites excluding steroid dienone is 3. The van der Waals surface area contributed by atoms with Gasteiger partial charge in [0.05, 0.1) is 25.4 Å². The third kappa shape index (κ3) is 55.7. The summed E-state index contributed by atoms with van der Waals surface area (Å²) in [7, 11) is 0. The van der Waals surface area contributed by atoms with Crippen LogP contribution in [0, 0.1) is 0 Å². The quantitative estimate of drug-likeness (QED) is 0.0321. The maximum Gasteiger partial charge on any atom is 0.305 e. The van der Waals surface area contributed by atoms with Crippen LogP contribution in [0.2, 0.25) is 0 Å². The lowest BCUT2D eigenvalue weighted by Gasteiger charge is -2.20. The van der Waals surface area contributed by atoms with Crippen molar-refractivity contribution < 1.29 is 24.5 Å². The van der Waals surface area contributed by atoms with E-state index in [-0.39, 0.29) is 18.5 Å². The van der Waals surface area contributed by atoms with Gasteiger partial charge in [0.1, 0.15) is 0 Å². The van der Waals surface area contributed by atoms with Gasteiger partial charge in [-0.1, -0.05) is 301 Å². The molecule has 0 aromatic heterocycles. The molecule has 6 heteroatoms. The van der Waals surface area contributed by atoms with Crippen LogP contribution < -0.4 is 5.32 Å². The summed E-state index contributed by atoms with van der Waals surface area (Å²) >= 11 is 0. The maximum absolute atomic E-state index is 12.4. The maximum atomic E-state index is 12.4. The lowest BCUT2D eigenvalue weighted by molar-refractivity contribution is -0.143. The Morgan fingerprint density at radius 3 is 1.01 bits per heavy atom. The summed E-state index contributed by atoms with van der Waals surface area (Å²) in [6.45, 7) is 4.91. The molecule has 0 saturated carbocycles. The molecule has 2 unspecified atom stereocenters. The van der Waals surface area contributed by atoms with Gasteiger partial charge in [-0.2, -0.15) is 0 Å². The number of carbonyl (C=O) groups excluding carboxylic acids is 2. The average molecular weight is 987 g/mol. The van der Waals surface area contributed by atoms with E-state index in [0.29, 0.717) is 19.4 Å². The van der Waals surface area contributed by atoms with Gasteiger partial charge >= 0.3 is 5.97 Å². The highest BCUT2D eigenvalue weighted by Crippen LogP contribution is 2.17. The average Bonchev–Trinajstić information content (AvgIpc) is 3.36. The second-order valence-corrected chi connectivity index (χ2v) is 21.7. The Labute approximate surface area is 437 Å². The van der Waals surface area contributed by atoms with Gasteiger partial charge in [-0.3, -0.25) is 9.59 Å².